The van der Waals surface area contributed by atoms with Gasteiger partial charge in [-0.1, -0.05) is 72.6 Å². The zero-order chi connectivity index (χ0) is 24.4. The summed E-state index contributed by atoms with van der Waals surface area (Å²) >= 11 is 0. The zero-order valence-corrected chi connectivity index (χ0v) is 20.4. The first-order valence-electron chi connectivity index (χ1n) is 10.5. The molecule has 0 unspecified atom stereocenters. The monoisotopic (exact) mass is 449 g/mol. The SMILES string of the molecule is CC.CCC.CCC.Nc1ccc(N)cc1.Nc1ccc2cccc(S(=O)(=O)O)c2c1. The van der Waals surface area contributed by atoms with Gasteiger partial charge in [-0.2, -0.15) is 8.42 Å². The predicted molar refractivity (Wildman–Crippen MR) is 137 cm³/mol. The maximum absolute atomic E-state index is 11.1. The third kappa shape index (κ3) is 13.2. The van der Waals surface area contributed by atoms with Crippen molar-refractivity contribution in [2.75, 3.05) is 17.2 Å². The lowest BCUT2D eigenvalue weighted by molar-refractivity contribution is 0.484. The zero-order valence-electron chi connectivity index (χ0n) is 19.6. The maximum atomic E-state index is 11.1. The first-order valence-corrected chi connectivity index (χ1v) is 11.9. The number of nitrogens with two attached hydrogens (primary N) is 3. The molecular formula is C24H39N3O3S. The molecule has 0 fully saturated rings. The molecular weight excluding hydrogens is 410 g/mol. The van der Waals surface area contributed by atoms with Crippen molar-refractivity contribution in [1.29, 1.82) is 0 Å². The summed E-state index contributed by atoms with van der Waals surface area (Å²) in [4.78, 5) is -0.118. The molecule has 0 bridgehead atoms. The van der Waals surface area contributed by atoms with Gasteiger partial charge in [-0.15, -0.1) is 0 Å². The highest BCUT2D eigenvalue weighted by Crippen LogP contribution is 2.24. The van der Waals surface area contributed by atoms with E-state index in [0.717, 1.165) is 16.8 Å². The predicted octanol–water partition coefficient (Wildman–Crippen LogP) is 6.38. The quantitative estimate of drug-likeness (QED) is 0.252. The van der Waals surface area contributed by atoms with Gasteiger partial charge in [0.05, 0.1) is 0 Å². The van der Waals surface area contributed by atoms with E-state index < -0.39 is 10.1 Å². The highest BCUT2D eigenvalue weighted by Gasteiger charge is 2.13. The Balaban J connectivity index is 0. The molecule has 0 aliphatic rings. The molecule has 0 saturated carbocycles. The number of hydrogen-bond acceptors (Lipinski definition) is 5. The minimum atomic E-state index is -4.20. The Hall–Kier alpha value is -2.77. The average Bonchev–Trinajstić information content (AvgIpc) is 2.72. The summed E-state index contributed by atoms with van der Waals surface area (Å²) in [6.07, 6.45) is 2.50. The van der Waals surface area contributed by atoms with E-state index >= 15 is 0 Å². The molecule has 0 aliphatic carbocycles. The van der Waals surface area contributed by atoms with Gasteiger partial charge in [0, 0.05) is 22.4 Å². The Kier molecular flexibility index (Phi) is 16.7. The molecule has 3 aromatic carbocycles. The molecule has 3 rings (SSSR count). The van der Waals surface area contributed by atoms with Crippen molar-refractivity contribution in [3.8, 4) is 0 Å². The van der Waals surface area contributed by atoms with E-state index in [1.807, 2.05) is 13.8 Å². The number of benzene rings is 3. The molecule has 0 aromatic heterocycles. The van der Waals surface area contributed by atoms with Crippen molar-refractivity contribution in [1.82, 2.24) is 0 Å². The fourth-order valence-electron chi connectivity index (χ4n) is 1.98. The van der Waals surface area contributed by atoms with Gasteiger partial charge < -0.3 is 17.2 Å². The summed E-state index contributed by atoms with van der Waals surface area (Å²) in [6.45, 7) is 12.5. The van der Waals surface area contributed by atoms with Gasteiger partial charge >= 0.3 is 0 Å². The summed E-state index contributed by atoms with van der Waals surface area (Å²) in [5.41, 5.74) is 18.3. The lowest BCUT2D eigenvalue weighted by Crippen LogP contribution is -1.99. The Morgan fingerprint density at radius 1 is 0.710 bits per heavy atom. The van der Waals surface area contributed by atoms with Crippen LogP contribution in [0.3, 0.4) is 0 Å². The molecule has 0 saturated heterocycles. The maximum Gasteiger partial charge on any atom is 0.295 e. The summed E-state index contributed by atoms with van der Waals surface area (Å²) in [7, 11) is -4.20. The number of nitrogen functional groups attached to an aromatic ring is 3. The number of rotatable bonds is 1. The van der Waals surface area contributed by atoms with Crippen LogP contribution in [0.25, 0.3) is 10.8 Å². The Bertz CT molecular complexity index is 934. The molecule has 3 aromatic rings. The highest BCUT2D eigenvalue weighted by atomic mass is 32.2. The second-order valence-electron chi connectivity index (χ2n) is 6.29. The number of hydrogen-bond donors (Lipinski definition) is 4. The van der Waals surface area contributed by atoms with E-state index in [1.165, 1.54) is 25.0 Å². The van der Waals surface area contributed by atoms with E-state index in [-0.39, 0.29) is 4.90 Å². The molecule has 7 N–H and O–H groups in total. The van der Waals surface area contributed by atoms with E-state index in [9.17, 15) is 8.42 Å². The third-order valence-corrected chi connectivity index (χ3v) is 3.99. The molecule has 31 heavy (non-hydrogen) atoms. The van der Waals surface area contributed by atoms with Crippen LogP contribution in [0.1, 0.15) is 54.4 Å². The van der Waals surface area contributed by atoms with Crippen molar-refractivity contribution < 1.29 is 13.0 Å². The van der Waals surface area contributed by atoms with Gasteiger partial charge in [0.2, 0.25) is 0 Å². The molecule has 174 valence electrons. The van der Waals surface area contributed by atoms with Crippen LogP contribution in [-0.4, -0.2) is 13.0 Å². The first kappa shape index (κ1) is 30.4. The Morgan fingerprint density at radius 3 is 1.48 bits per heavy atom. The van der Waals surface area contributed by atoms with E-state index in [4.69, 9.17) is 21.8 Å². The fraction of sp³-hybridized carbons (Fsp3) is 0.333. The van der Waals surface area contributed by atoms with Crippen molar-refractivity contribution in [3.63, 3.8) is 0 Å². The van der Waals surface area contributed by atoms with Crippen LogP contribution in [0, 0.1) is 0 Å². The van der Waals surface area contributed by atoms with Crippen LogP contribution in [0.15, 0.2) is 65.6 Å². The molecule has 0 amide bonds. The van der Waals surface area contributed by atoms with Crippen LogP contribution in [0.2, 0.25) is 0 Å². The van der Waals surface area contributed by atoms with Gasteiger partial charge in [-0.3, -0.25) is 4.55 Å². The molecule has 7 heteroatoms. The fourth-order valence-corrected chi connectivity index (χ4v) is 2.69. The number of anilines is 3. The second kappa shape index (κ2) is 17.0. The summed E-state index contributed by atoms with van der Waals surface area (Å²) in [6, 6.07) is 16.7. The largest absolute Gasteiger partial charge is 0.399 e. The average molecular weight is 450 g/mol. The minimum absolute atomic E-state index is 0.118. The minimum Gasteiger partial charge on any atom is -0.399 e. The standard InChI is InChI=1S/C10H9NO3S.C6H8N2.2C3H8.C2H6/c11-8-5-4-7-2-1-3-10(9(7)6-8)15(12,13)14;7-5-1-2-6(8)4-3-5;2*1-3-2;1-2/h1-6H,11H2,(H,12,13,14);1-4H,7-8H2;2*3H2,1-2H3;1-2H3. The molecule has 0 atom stereocenters. The van der Waals surface area contributed by atoms with Gasteiger partial charge in [0.1, 0.15) is 4.90 Å². The van der Waals surface area contributed by atoms with Crippen LogP contribution in [0.5, 0.6) is 0 Å². The first-order chi connectivity index (χ1) is 14.6. The second-order valence-corrected chi connectivity index (χ2v) is 7.68. The van der Waals surface area contributed by atoms with E-state index in [0.29, 0.717) is 11.1 Å². The summed E-state index contributed by atoms with van der Waals surface area (Å²) in [5.74, 6) is 0. The Labute approximate surface area is 188 Å². The highest BCUT2D eigenvalue weighted by molar-refractivity contribution is 7.86. The van der Waals surface area contributed by atoms with Crippen molar-refractivity contribution >= 4 is 38.0 Å². The van der Waals surface area contributed by atoms with E-state index in [2.05, 4.69) is 27.7 Å². The molecule has 0 heterocycles. The summed E-state index contributed by atoms with van der Waals surface area (Å²) in [5, 5.41) is 1.15. The van der Waals surface area contributed by atoms with Crippen LogP contribution in [-0.2, 0) is 10.1 Å². The van der Waals surface area contributed by atoms with Crippen molar-refractivity contribution in [2.45, 2.75) is 59.3 Å². The van der Waals surface area contributed by atoms with Crippen LogP contribution >= 0.6 is 0 Å². The lowest BCUT2D eigenvalue weighted by atomic mass is 10.1. The Morgan fingerprint density at radius 2 is 1.10 bits per heavy atom. The van der Waals surface area contributed by atoms with Gasteiger partial charge in [0.25, 0.3) is 10.1 Å². The third-order valence-electron chi connectivity index (χ3n) is 3.08. The molecule has 0 aliphatic heterocycles. The van der Waals surface area contributed by atoms with Gasteiger partial charge in [0.15, 0.2) is 0 Å². The van der Waals surface area contributed by atoms with Crippen LogP contribution < -0.4 is 17.2 Å². The summed E-state index contributed by atoms with van der Waals surface area (Å²) < 4.78 is 31.2. The molecule has 6 nitrogen and oxygen atoms in total. The normalized spacial score (nSPS) is 9.39. The smallest absolute Gasteiger partial charge is 0.295 e. The van der Waals surface area contributed by atoms with Gasteiger partial charge in [-0.05, 0) is 47.9 Å². The van der Waals surface area contributed by atoms with Crippen molar-refractivity contribution in [3.05, 3.63) is 60.7 Å². The van der Waals surface area contributed by atoms with Crippen LogP contribution in [0.4, 0.5) is 17.1 Å². The molecule has 0 spiro atoms. The lowest BCUT2D eigenvalue weighted by Gasteiger charge is -2.04. The van der Waals surface area contributed by atoms with Crippen molar-refractivity contribution in [2.24, 2.45) is 0 Å². The van der Waals surface area contributed by atoms with Gasteiger partial charge in [-0.25, -0.2) is 0 Å². The topological polar surface area (TPSA) is 132 Å². The number of fused-ring (bicyclic) bond motifs is 1. The molecule has 0 radical (unpaired) electrons. The van der Waals surface area contributed by atoms with E-state index in [1.54, 1.807) is 48.5 Å².